The molecule has 7 nitrogen and oxygen atoms in total. The molecule has 0 aliphatic rings. The van der Waals surface area contributed by atoms with Gasteiger partial charge in [0.25, 0.3) is 10.0 Å². The number of aromatic nitrogens is 2. The van der Waals surface area contributed by atoms with Crippen molar-refractivity contribution in [1.82, 2.24) is 9.97 Å². The van der Waals surface area contributed by atoms with Gasteiger partial charge in [0.05, 0.1) is 21.5 Å². The quantitative estimate of drug-likeness (QED) is 0.520. The lowest BCUT2D eigenvalue weighted by molar-refractivity contribution is 0.0519. The molecule has 0 bridgehead atoms. The van der Waals surface area contributed by atoms with Crippen LogP contribution in [0.4, 0.5) is 5.82 Å². The molecule has 0 aliphatic carbocycles. The van der Waals surface area contributed by atoms with Crippen molar-refractivity contribution < 1.29 is 17.9 Å². The Morgan fingerprint density at radius 1 is 1.17 bits per heavy atom. The minimum absolute atomic E-state index is 0.0699. The number of H-pyrrole nitrogens is 1. The number of carbonyl (C=O) groups is 1. The number of carbonyl (C=O) groups excluding carboxylic acids is 1. The van der Waals surface area contributed by atoms with Crippen molar-refractivity contribution in [3.8, 4) is 0 Å². The Labute approximate surface area is 178 Å². The van der Waals surface area contributed by atoms with E-state index in [4.69, 9.17) is 4.74 Å². The molecule has 2 N–H and O–H groups in total. The van der Waals surface area contributed by atoms with E-state index in [0.717, 1.165) is 5.56 Å². The highest BCUT2D eigenvalue weighted by molar-refractivity contribution is 9.10. The summed E-state index contributed by atoms with van der Waals surface area (Å²) in [6.07, 6.45) is 0. The molecule has 0 aliphatic heterocycles. The van der Waals surface area contributed by atoms with E-state index < -0.39 is 16.0 Å². The number of hydrogen-bond donors (Lipinski definition) is 2. The van der Waals surface area contributed by atoms with Crippen LogP contribution in [0.2, 0.25) is 0 Å². The van der Waals surface area contributed by atoms with Gasteiger partial charge < -0.3 is 9.72 Å². The summed E-state index contributed by atoms with van der Waals surface area (Å²) in [5, 5.41) is 0. The van der Waals surface area contributed by atoms with Crippen LogP contribution in [0.1, 0.15) is 43.7 Å². The minimum atomic E-state index is -3.80. The number of ether oxygens (including phenoxy) is 1. The normalized spacial score (nSPS) is 12.2. The van der Waals surface area contributed by atoms with Gasteiger partial charge in [-0.3, -0.25) is 4.72 Å². The third-order valence-corrected chi connectivity index (χ3v) is 6.47. The predicted molar refractivity (Wildman–Crippen MR) is 116 cm³/mol. The molecule has 3 aromatic rings. The Morgan fingerprint density at radius 3 is 2.41 bits per heavy atom. The van der Waals surface area contributed by atoms with Crippen molar-refractivity contribution in [3.63, 3.8) is 0 Å². The fourth-order valence-corrected chi connectivity index (χ4v) is 4.33. The van der Waals surface area contributed by atoms with Gasteiger partial charge in [0.1, 0.15) is 17.0 Å². The Hall–Kier alpha value is -2.39. The molecule has 0 saturated carbocycles. The topological polar surface area (TPSA) is 101 Å². The number of rotatable bonds is 5. The number of halogens is 1. The maximum Gasteiger partial charge on any atom is 0.356 e. The molecule has 0 saturated heterocycles. The second kappa shape index (κ2) is 7.79. The summed E-state index contributed by atoms with van der Waals surface area (Å²) in [7, 11) is -3.80. The molecule has 1 aromatic carbocycles. The summed E-state index contributed by atoms with van der Waals surface area (Å²) in [5.41, 5.74) is 2.21. The van der Waals surface area contributed by atoms with Crippen molar-refractivity contribution in [2.45, 2.75) is 38.0 Å². The summed E-state index contributed by atoms with van der Waals surface area (Å²) >= 11 is 3.34. The number of fused-ring (bicyclic) bond motifs is 1. The monoisotopic (exact) mass is 479 g/mol. The van der Waals surface area contributed by atoms with E-state index in [1.54, 1.807) is 37.3 Å². The second-order valence-corrected chi connectivity index (χ2v) is 9.98. The van der Waals surface area contributed by atoms with E-state index in [0.29, 0.717) is 15.5 Å². The van der Waals surface area contributed by atoms with E-state index in [-0.39, 0.29) is 28.4 Å². The van der Waals surface area contributed by atoms with Gasteiger partial charge in [-0.1, -0.05) is 32.9 Å². The van der Waals surface area contributed by atoms with Crippen molar-refractivity contribution in [3.05, 3.63) is 52.1 Å². The average Bonchev–Trinajstić information content (AvgIpc) is 2.97. The molecule has 3 rings (SSSR count). The number of pyridine rings is 1. The van der Waals surface area contributed by atoms with E-state index >= 15 is 0 Å². The smallest absolute Gasteiger partial charge is 0.356 e. The van der Waals surface area contributed by atoms with Crippen LogP contribution in [0.25, 0.3) is 11.0 Å². The first-order valence-corrected chi connectivity index (χ1v) is 11.3. The maximum atomic E-state index is 12.7. The molecular weight excluding hydrogens is 458 g/mol. The van der Waals surface area contributed by atoms with Gasteiger partial charge in [-0.25, -0.2) is 18.2 Å². The highest BCUT2D eigenvalue weighted by atomic mass is 79.9. The lowest BCUT2D eigenvalue weighted by Crippen LogP contribution is -2.15. The first-order chi connectivity index (χ1) is 13.5. The number of nitrogens with zero attached hydrogens (tertiary/aromatic N) is 1. The molecule has 9 heteroatoms. The van der Waals surface area contributed by atoms with Crippen molar-refractivity contribution >= 4 is 48.8 Å². The number of anilines is 1. The van der Waals surface area contributed by atoms with Crippen LogP contribution in [-0.2, 0) is 20.2 Å². The molecule has 2 aromatic heterocycles. The van der Waals surface area contributed by atoms with E-state index in [1.807, 2.05) is 0 Å². The van der Waals surface area contributed by atoms with E-state index in [9.17, 15) is 13.2 Å². The van der Waals surface area contributed by atoms with Crippen LogP contribution >= 0.6 is 15.9 Å². The zero-order chi connectivity index (χ0) is 21.4. The molecule has 0 fully saturated rings. The number of sulfonamides is 1. The molecule has 0 spiro atoms. The molecule has 0 atom stereocenters. The summed E-state index contributed by atoms with van der Waals surface area (Å²) in [6, 6.07) is 9.94. The Morgan fingerprint density at radius 2 is 1.83 bits per heavy atom. The van der Waals surface area contributed by atoms with Gasteiger partial charge >= 0.3 is 5.97 Å². The first-order valence-electron chi connectivity index (χ1n) is 9.01. The van der Waals surface area contributed by atoms with Crippen LogP contribution in [0.5, 0.6) is 0 Å². The van der Waals surface area contributed by atoms with Gasteiger partial charge in [-0.2, -0.15) is 0 Å². The number of esters is 1. The third-order valence-electron chi connectivity index (χ3n) is 4.33. The highest BCUT2D eigenvalue weighted by Gasteiger charge is 2.21. The first kappa shape index (κ1) is 21.3. The van der Waals surface area contributed by atoms with Gasteiger partial charge in [-0.15, -0.1) is 0 Å². The molecular formula is C20H22BrN3O4S. The third kappa shape index (κ3) is 4.45. The molecule has 154 valence electrons. The molecule has 0 radical (unpaired) electrons. The Kier molecular flexibility index (Phi) is 5.73. The number of hydrogen-bond acceptors (Lipinski definition) is 5. The van der Waals surface area contributed by atoms with Gasteiger partial charge in [0, 0.05) is 0 Å². The van der Waals surface area contributed by atoms with Gasteiger partial charge in [-0.05, 0) is 58.1 Å². The summed E-state index contributed by atoms with van der Waals surface area (Å²) < 4.78 is 33.4. The van der Waals surface area contributed by atoms with Crippen LogP contribution in [0, 0.1) is 0 Å². The number of nitrogens with one attached hydrogen (secondary N) is 2. The van der Waals surface area contributed by atoms with E-state index in [1.165, 1.54) is 6.07 Å². The molecule has 29 heavy (non-hydrogen) atoms. The zero-order valence-corrected chi connectivity index (χ0v) is 18.9. The molecule has 0 amide bonds. The Balaban J connectivity index is 1.91. The van der Waals surface area contributed by atoms with Gasteiger partial charge in [0.15, 0.2) is 0 Å². The van der Waals surface area contributed by atoms with Crippen molar-refractivity contribution in [1.29, 1.82) is 0 Å². The second-order valence-electron chi connectivity index (χ2n) is 7.51. The van der Waals surface area contributed by atoms with Crippen LogP contribution < -0.4 is 4.72 Å². The van der Waals surface area contributed by atoms with Crippen molar-refractivity contribution in [2.75, 3.05) is 11.3 Å². The fraction of sp³-hybridized carbons (Fsp3) is 0.300. The number of benzene rings is 1. The maximum absolute atomic E-state index is 12.7. The lowest BCUT2D eigenvalue weighted by atomic mass is 9.87. The van der Waals surface area contributed by atoms with Crippen LogP contribution in [0.15, 0.2) is 45.8 Å². The molecule has 0 unspecified atom stereocenters. The van der Waals surface area contributed by atoms with E-state index in [2.05, 4.69) is 51.4 Å². The summed E-state index contributed by atoms with van der Waals surface area (Å²) in [4.78, 5) is 19.4. The zero-order valence-electron chi connectivity index (χ0n) is 16.5. The number of aromatic amines is 1. The van der Waals surface area contributed by atoms with Gasteiger partial charge in [0.2, 0.25) is 0 Å². The predicted octanol–water partition coefficient (Wildman–Crippen LogP) is 4.60. The fourth-order valence-electron chi connectivity index (χ4n) is 2.77. The molecule has 2 heterocycles. The largest absolute Gasteiger partial charge is 0.461 e. The van der Waals surface area contributed by atoms with Crippen LogP contribution in [0.3, 0.4) is 0 Å². The summed E-state index contributed by atoms with van der Waals surface area (Å²) in [6.45, 7) is 8.15. The highest BCUT2D eigenvalue weighted by Crippen LogP contribution is 2.29. The SMILES string of the molecule is CCOC(=O)c1[nH]c2ccc(NS(=O)(=O)c3ccc(C(C)(C)C)cc3)nc2c1Br. The van der Waals surface area contributed by atoms with Crippen molar-refractivity contribution in [2.24, 2.45) is 0 Å². The summed E-state index contributed by atoms with van der Waals surface area (Å²) in [5.74, 6) is -0.369. The standard InChI is InChI=1S/C20H22BrN3O4S/c1-5-28-19(25)18-16(21)17-14(22-18)10-11-15(23-17)24-29(26,27)13-8-6-12(7-9-13)20(2,3)4/h6-11,22H,5H2,1-4H3,(H,23,24). The minimum Gasteiger partial charge on any atom is -0.461 e. The lowest BCUT2D eigenvalue weighted by Gasteiger charge is -2.19. The Bertz CT molecular complexity index is 1160. The van der Waals surface area contributed by atoms with Crippen LogP contribution in [-0.4, -0.2) is 31.0 Å². The average molecular weight is 480 g/mol.